The van der Waals surface area contributed by atoms with Gasteiger partial charge < -0.3 is 4.74 Å². The van der Waals surface area contributed by atoms with E-state index in [1.165, 1.54) is 0 Å². The van der Waals surface area contributed by atoms with E-state index in [0.717, 1.165) is 5.56 Å². The van der Waals surface area contributed by atoms with Gasteiger partial charge in [-0.05, 0) is 17.7 Å². The van der Waals surface area contributed by atoms with Crippen molar-refractivity contribution in [3.8, 4) is 0 Å². The van der Waals surface area contributed by atoms with Gasteiger partial charge in [-0.15, -0.1) is 0 Å². The highest BCUT2D eigenvalue weighted by atomic mass is 16.5. The van der Waals surface area contributed by atoms with Crippen molar-refractivity contribution in [2.45, 2.75) is 12.5 Å². The average Bonchev–Trinajstić information content (AvgIpc) is 2.53. The summed E-state index contributed by atoms with van der Waals surface area (Å²) >= 11 is 0. The highest BCUT2D eigenvalue weighted by Gasteiger charge is 2.30. The number of hydrogen-bond donors (Lipinski definition) is 2. The molecule has 0 fully saturated rings. The molecular formula is C14H12N4O3. The Kier molecular flexibility index (Phi) is 3.46. The zero-order chi connectivity index (χ0) is 14.7. The largest absolute Gasteiger partial charge is 0.448 e. The molecule has 3 rings (SSSR count). The molecule has 106 valence electrons. The van der Waals surface area contributed by atoms with Crippen LogP contribution in [0.2, 0.25) is 0 Å². The number of nitrogens with zero attached hydrogens (tertiary/aromatic N) is 2. The van der Waals surface area contributed by atoms with Crippen molar-refractivity contribution in [3.05, 3.63) is 53.9 Å². The molecule has 1 aromatic carbocycles. The van der Waals surface area contributed by atoms with Gasteiger partial charge in [0.25, 0.3) is 5.91 Å². The Morgan fingerprint density at radius 1 is 1.19 bits per heavy atom. The second-order valence-corrected chi connectivity index (χ2v) is 4.44. The number of fused-ring (bicyclic) bond motifs is 1. The lowest BCUT2D eigenvalue weighted by molar-refractivity contribution is -0.129. The summed E-state index contributed by atoms with van der Waals surface area (Å²) in [6.45, 7) is 0. The van der Waals surface area contributed by atoms with Crippen LogP contribution in [0.4, 0.5) is 5.95 Å². The first kappa shape index (κ1) is 13.0. The molecule has 1 aliphatic rings. The van der Waals surface area contributed by atoms with Crippen molar-refractivity contribution in [2.24, 2.45) is 0 Å². The van der Waals surface area contributed by atoms with Crippen molar-refractivity contribution in [2.75, 3.05) is 5.43 Å². The molecule has 1 aliphatic heterocycles. The molecule has 0 saturated carbocycles. The Hall–Kier alpha value is -2.96. The van der Waals surface area contributed by atoms with E-state index >= 15 is 0 Å². The fraction of sp³-hybridized carbons (Fsp3) is 0.143. The third kappa shape index (κ3) is 2.81. The average molecular weight is 284 g/mol. The van der Waals surface area contributed by atoms with E-state index in [-0.39, 0.29) is 5.95 Å². The summed E-state index contributed by atoms with van der Waals surface area (Å²) in [7, 11) is 0. The predicted octanol–water partition coefficient (Wildman–Crippen LogP) is 0.701. The molecule has 0 radical (unpaired) electrons. The fourth-order valence-electron chi connectivity index (χ4n) is 2.04. The topological polar surface area (TPSA) is 93.2 Å². The molecule has 0 bridgehead atoms. The molecule has 1 atom stereocenters. The van der Waals surface area contributed by atoms with Gasteiger partial charge in [0.2, 0.25) is 5.95 Å². The zero-order valence-corrected chi connectivity index (χ0v) is 10.9. The van der Waals surface area contributed by atoms with Crippen LogP contribution in [-0.2, 0) is 16.0 Å². The van der Waals surface area contributed by atoms with Gasteiger partial charge >= 0.3 is 5.97 Å². The van der Waals surface area contributed by atoms with Crippen molar-refractivity contribution < 1.29 is 14.3 Å². The van der Waals surface area contributed by atoms with Crippen LogP contribution < -0.4 is 10.9 Å². The van der Waals surface area contributed by atoms with Crippen LogP contribution >= 0.6 is 0 Å². The number of cyclic esters (lactones) is 1. The van der Waals surface area contributed by atoms with Gasteiger partial charge in [-0.1, -0.05) is 18.2 Å². The number of nitrogens with one attached hydrogen (secondary N) is 2. The number of hydrazine groups is 1. The molecule has 0 saturated heterocycles. The Morgan fingerprint density at radius 2 is 1.95 bits per heavy atom. The lowest BCUT2D eigenvalue weighted by atomic mass is 9.98. The fourth-order valence-corrected chi connectivity index (χ4v) is 2.04. The molecule has 0 spiro atoms. The van der Waals surface area contributed by atoms with Gasteiger partial charge in [0.15, 0.2) is 6.10 Å². The predicted molar refractivity (Wildman–Crippen MR) is 73.1 cm³/mol. The quantitative estimate of drug-likeness (QED) is 0.636. The van der Waals surface area contributed by atoms with Gasteiger partial charge in [0.05, 0.1) is 5.56 Å². The molecule has 1 amide bonds. The normalized spacial score (nSPS) is 16.6. The molecule has 0 aliphatic carbocycles. The number of carbonyl (C=O) groups is 2. The van der Waals surface area contributed by atoms with E-state index in [1.54, 1.807) is 30.6 Å². The molecule has 2 aromatic rings. The van der Waals surface area contributed by atoms with Crippen LogP contribution in [-0.4, -0.2) is 27.9 Å². The lowest BCUT2D eigenvalue weighted by Crippen LogP contribution is -2.44. The summed E-state index contributed by atoms with van der Waals surface area (Å²) in [5, 5.41) is 0. The number of esters is 1. The smallest absolute Gasteiger partial charge is 0.339 e. The van der Waals surface area contributed by atoms with Crippen molar-refractivity contribution in [3.63, 3.8) is 0 Å². The minimum atomic E-state index is -0.872. The molecule has 2 heterocycles. The number of anilines is 1. The summed E-state index contributed by atoms with van der Waals surface area (Å²) < 4.78 is 5.13. The highest BCUT2D eigenvalue weighted by molar-refractivity contribution is 5.95. The van der Waals surface area contributed by atoms with E-state index in [9.17, 15) is 9.59 Å². The Labute approximate surface area is 120 Å². The summed E-state index contributed by atoms with van der Waals surface area (Å²) in [5.74, 6) is -0.688. The first-order valence-electron chi connectivity index (χ1n) is 6.36. The van der Waals surface area contributed by atoms with Crippen LogP contribution in [0.25, 0.3) is 0 Å². The monoisotopic (exact) mass is 284 g/mol. The van der Waals surface area contributed by atoms with E-state index in [0.29, 0.717) is 12.0 Å². The zero-order valence-electron chi connectivity index (χ0n) is 10.9. The number of aromatic nitrogens is 2. The van der Waals surface area contributed by atoms with Gasteiger partial charge in [-0.25, -0.2) is 14.8 Å². The summed E-state index contributed by atoms with van der Waals surface area (Å²) in [5.41, 5.74) is 6.29. The number of hydrogen-bond acceptors (Lipinski definition) is 6. The third-order valence-corrected chi connectivity index (χ3v) is 3.05. The summed E-state index contributed by atoms with van der Waals surface area (Å²) in [6, 6.07) is 8.73. The summed E-state index contributed by atoms with van der Waals surface area (Å²) in [6.07, 6.45) is 2.55. The SMILES string of the molecule is O=C1O[C@H](C(=O)NNc2ncccn2)Cc2ccccc21. The minimum absolute atomic E-state index is 0.258. The maximum absolute atomic E-state index is 12.0. The third-order valence-electron chi connectivity index (χ3n) is 3.05. The Morgan fingerprint density at radius 3 is 2.76 bits per heavy atom. The second kappa shape index (κ2) is 5.58. The van der Waals surface area contributed by atoms with Gasteiger partial charge in [0, 0.05) is 18.8 Å². The highest BCUT2D eigenvalue weighted by Crippen LogP contribution is 2.20. The van der Waals surface area contributed by atoms with Crippen molar-refractivity contribution in [1.29, 1.82) is 0 Å². The molecule has 1 aromatic heterocycles. The number of benzene rings is 1. The van der Waals surface area contributed by atoms with Crippen LogP contribution in [0, 0.1) is 0 Å². The molecule has 7 nitrogen and oxygen atoms in total. The minimum Gasteiger partial charge on any atom is -0.448 e. The van der Waals surface area contributed by atoms with E-state index in [4.69, 9.17) is 4.74 Å². The maximum Gasteiger partial charge on any atom is 0.339 e. The second-order valence-electron chi connectivity index (χ2n) is 4.44. The summed E-state index contributed by atoms with van der Waals surface area (Å²) in [4.78, 5) is 31.7. The Bertz CT molecular complexity index is 675. The van der Waals surface area contributed by atoms with E-state index < -0.39 is 18.0 Å². The van der Waals surface area contributed by atoms with Crippen molar-refractivity contribution in [1.82, 2.24) is 15.4 Å². The first-order valence-corrected chi connectivity index (χ1v) is 6.36. The standard InChI is InChI=1S/C14H12N4O3/c19-12(17-18-14-15-6-3-7-16-14)11-8-9-4-1-2-5-10(9)13(20)21-11/h1-7,11H,8H2,(H,17,19)(H,15,16,18)/t11-/m0/s1. The number of amides is 1. The molecule has 2 N–H and O–H groups in total. The Balaban J connectivity index is 1.65. The molecular weight excluding hydrogens is 272 g/mol. The van der Waals surface area contributed by atoms with Crippen LogP contribution in [0.3, 0.4) is 0 Å². The van der Waals surface area contributed by atoms with Gasteiger partial charge in [0.1, 0.15) is 0 Å². The maximum atomic E-state index is 12.0. The number of rotatable bonds is 3. The van der Waals surface area contributed by atoms with Gasteiger partial charge in [-0.2, -0.15) is 0 Å². The van der Waals surface area contributed by atoms with Gasteiger partial charge in [-0.3, -0.25) is 15.6 Å². The van der Waals surface area contributed by atoms with E-state index in [2.05, 4.69) is 20.8 Å². The van der Waals surface area contributed by atoms with Crippen LogP contribution in [0.15, 0.2) is 42.7 Å². The number of ether oxygens (including phenoxy) is 1. The number of carbonyl (C=O) groups excluding carboxylic acids is 2. The van der Waals surface area contributed by atoms with Crippen LogP contribution in [0.5, 0.6) is 0 Å². The van der Waals surface area contributed by atoms with Crippen molar-refractivity contribution >= 4 is 17.8 Å². The van der Waals surface area contributed by atoms with Crippen LogP contribution in [0.1, 0.15) is 15.9 Å². The lowest BCUT2D eigenvalue weighted by Gasteiger charge is -2.23. The molecule has 7 heteroatoms. The molecule has 0 unspecified atom stereocenters. The first-order chi connectivity index (χ1) is 10.2. The van der Waals surface area contributed by atoms with E-state index in [1.807, 2.05) is 12.1 Å². The molecule has 21 heavy (non-hydrogen) atoms.